The van der Waals surface area contributed by atoms with Crippen LogP contribution in [0, 0.1) is 0 Å². The highest BCUT2D eigenvalue weighted by atomic mass is 16.3. The average molecular weight is 325 g/mol. The van der Waals surface area contributed by atoms with E-state index in [0.29, 0.717) is 12.8 Å². The Morgan fingerprint density at radius 1 is 1.00 bits per heavy atom. The van der Waals surface area contributed by atoms with Crippen LogP contribution in [0.3, 0.4) is 0 Å². The summed E-state index contributed by atoms with van der Waals surface area (Å²) >= 11 is 0. The zero-order valence-corrected chi connectivity index (χ0v) is 14.4. The maximum Gasteiger partial charge on any atom is 0.224 e. The first-order valence-electron chi connectivity index (χ1n) is 8.78. The van der Waals surface area contributed by atoms with Crippen LogP contribution >= 0.6 is 0 Å². The van der Waals surface area contributed by atoms with Crippen molar-refractivity contribution in [2.75, 3.05) is 5.32 Å². The largest absolute Gasteiger partial charge is 0.393 e. The number of unbranched alkanes of at least 4 members (excludes halogenated alkanes) is 1. The fourth-order valence-electron chi connectivity index (χ4n) is 2.64. The van der Waals surface area contributed by atoms with Crippen molar-refractivity contribution in [3.63, 3.8) is 0 Å². The second-order valence-corrected chi connectivity index (χ2v) is 6.24. The molecule has 2 rings (SSSR count). The Morgan fingerprint density at radius 2 is 1.67 bits per heavy atom. The third kappa shape index (κ3) is 6.55. The Hall–Kier alpha value is -2.13. The fraction of sp³-hybridized carbons (Fsp3) is 0.381. The molecule has 1 atom stereocenters. The molecule has 0 spiro atoms. The van der Waals surface area contributed by atoms with Crippen molar-refractivity contribution in [2.24, 2.45) is 0 Å². The number of carbonyl (C=O) groups is 1. The van der Waals surface area contributed by atoms with Gasteiger partial charge in [-0.15, -0.1) is 0 Å². The van der Waals surface area contributed by atoms with Gasteiger partial charge < -0.3 is 10.4 Å². The topological polar surface area (TPSA) is 49.3 Å². The van der Waals surface area contributed by atoms with Gasteiger partial charge in [0.2, 0.25) is 5.91 Å². The smallest absolute Gasteiger partial charge is 0.224 e. The number of rotatable bonds is 9. The lowest BCUT2D eigenvalue weighted by molar-refractivity contribution is -0.116. The normalized spacial score (nSPS) is 11.9. The van der Waals surface area contributed by atoms with Gasteiger partial charge in [0, 0.05) is 12.1 Å². The Labute approximate surface area is 144 Å². The number of amides is 1. The number of benzene rings is 2. The Balaban J connectivity index is 1.77. The van der Waals surface area contributed by atoms with Crippen molar-refractivity contribution in [1.29, 1.82) is 0 Å². The van der Waals surface area contributed by atoms with Gasteiger partial charge in [-0.25, -0.2) is 0 Å². The summed E-state index contributed by atoms with van der Waals surface area (Å²) in [4.78, 5) is 11.9. The molecule has 0 fully saturated rings. The van der Waals surface area contributed by atoms with Gasteiger partial charge in [0.15, 0.2) is 0 Å². The number of anilines is 1. The minimum atomic E-state index is -0.371. The SMILES string of the molecule is CCCCC(O)CCC(=O)Nc1ccc(Cc2ccccc2)cc1. The maximum absolute atomic E-state index is 11.9. The van der Waals surface area contributed by atoms with E-state index in [4.69, 9.17) is 0 Å². The molecule has 128 valence electrons. The van der Waals surface area contributed by atoms with Crippen LogP contribution in [-0.4, -0.2) is 17.1 Å². The van der Waals surface area contributed by atoms with Gasteiger partial charge in [-0.1, -0.05) is 62.2 Å². The quantitative estimate of drug-likeness (QED) is 0.711. The fourth-order valence-corrected chi connectivity index (χ4v) is 2.64. The predicted molar refractivity (Wildman–Crippen MR) is 99.1 cm³/mol. The molecule has 3 nitrogen and oxygen atoms in total. The first-order valence-corrected chi connectivity index (χ1v) is 8.78. The van der Waals surface area contributed by atoms with Crippen LogP contribution in [0.4, 0.5) is 5.69 Å². The summed E-state index contributed by atoms with van der Waals surface area (Å²) in [6, 6.07) is 18.3. The van der Waals surface area contributed by atoms with Crippen molar-refractivity contribution < 1.29 is 9.90 Å². The lowest BCUT2D eigenvalue weighted by atomic mass is 10.0. The van der Waals surface area contributed by atoms with Gasteiger partial charge >= 0.3 is 0 Å². The van der Waals surface area contributed by atoms with E-state index in [1.807, 2.05) is 42.5 Å². The zero-order chi connectivity index (χ0) is 17.2. The molecule has 0 aliphatic heterocycles. The van der Waals surface area contributed by atoms with E-state index in [1.54, 1.807) is 0 Å². The number of hydrogen-bond acceptors (Lipinski definition) is 2. The summed E-state index contributed by atoms with van der Waals surface area (Å²) in [5.74, 6) is -0.0404. The second-order valence-electron chi connectivity index (χ2n) is 6.24. The predicted octanol–water partition coefficient (Wildman–Crippen LogP) is 4.55. The van der Waals surface area contributed by atoms with E-state index in [1.165, 1.54) is 11.1 Å². The molecule has 0 aromatic heterocycles. The van der Waals surface area contributed by atoms with Gasteiger partial charge in [0.05, 0.1) is 6.10 Å². The molecule has 0 aliphatic rings. The summed E-state index contributed by atoms with van der Waals surface area (Å²) in [5, 5.41) is 12.7. The molecule has 0 bridgehead atoms. The van der Waals surface area contributed by atoms with Crippen molar-refractivity contribution in [1.82, 2.24) is 0 Å². The average Bonchev–Trinajstić information content (AvgIpc) is 2.61. The van der Waals surface area contributed by atoms with E-state index in [-0.39, 0.29) is 12.0 Å². The first-order chi connectivity index (χ1) is 11.7. The summed E-state index contributed by atoms with van der Waals surface area (Å²) in [7, 11) is 0. The maximum atomic E-state index is 11.9. The molecule has 24 heavy (non-hydrogen) atoms. The van der Waals surface area contributed by atoms with Gasteiger partial charge in [-0.05, 0) is 42.5 Å². The van der Waals surface area contributed by atoms with Gasteiger partial charge in [-0.3, -0.25) is 4.79 Å². The van der Waals surface area contributed by atoms with Crippen LogP contribution in [0.25, 0.3) is 0 Å². The molecular weight excluding hydrogens is 298 g/mol. The van der Waals surface area contributed by atoms with Crippen LogP contribution < -0.4 is 5.32 Å². The van der Waals surface area contributed by atoms with Gasteiger partial charge in [0.1, 0.15) is 0 Å². The van der Waals surface area contributed by atoms with E-state index in [9.17, 15) is 9.90 Å². The lowest BCUT2D eigenvalue weighted by Gasteiger charge is -2.10. The Bertz CT molecular complexity index is 607. The highest BCUT2D eigenvalue weighted by Gasteiger charge is 2.08. The number of aliphatic hydroxyl groups is 1. The Kier molecular flexibility index (Phi) is 7.50. The van der Waals surface area contributed by atoms with E-state index in [0.717, 1.165) is 31.4 Å². The van der Waals surface area contributed by atoms with Crippen LogP contribution in [-0.2, 0) is 11.2 Å². The highest BCUT2D eigenvalue weighted by Crippen LogP contribution is 2.14. The molecule has 0 saturated carbocycles. The van der Waals surface area contributed by atoms with Crippen LogP contribution in [0.5, 0.6) is 0 Å². The number of nitrogens with one attached hydrogen (secondary N) is 1. The van der Waals surface area contributed by atoms with Gasteiger partial charge in [0.25, 0.3) is 0 Å². The lowest BCUT2D eigenvalue weighted by Crippen LogP contribution is -2.15. The summed E-state index contributed by atoms with van der Waals surface area (Å²) in [5.41, 5.74) is 3.30. The molecule has 0 aliphatic carbocycles. The Morgan fingerprint density at radius 3 is 2.33 bits per heavy atom. The molecule has 0 heterocycles. The third-order valence-electron chi connectivity index (χ3n) is 4.08. The summed E-state index contributed by atoms with van der Waals surface area (Å²) in [6.07, 6.45) is 4.25. The molecule has 1 amide bonds. The minimum absolute atomic E-state index is 0.0404. The van der Waals surface area contributed by atoms with Crippen molar-refractivity contribution >= 4 is 11.6 Å². The molecule has 2 N–H and O–H groups in total. The van der Waals surface area contributed by atoms with Crippen molar-refractivity contribution in [3.8, 4) is 0 Å². The number of aliphatic hydroxyl groups excluding tert-OH is 1. The summed E-state index contributed by atoms with van der Waals surface area (Å²) in [6.45, 7) is 2.10. The number of hydrogen-bond donors (Lipinski definition) is 2. The molecular formula is C21H27NO2. The van der Waals surface area contributed by atoms with Crippen LogP contribution in [0.15, 0.2) is 54.6 Å². The van der Waals surface area contributed by atoms with E-state index < -0.39 is 0 Å². The molecule has 0 radical (unpaired) electrons. The van der Waals surface area contributed by atoms with Gasteiger partial charge in [-0.2, -0.15) is 0 Å². The molecule has 3 heteroatoms. The van der Waals surface area contributed by atoms with Crippen molar-refractivity contribution in [3.05, 3.63) is 65.7 Å². The highest BCUT2D eigenvalue weighted by molar-refractivity contribution is 5.90. The minimum Gasteiger partial charge on any atom is -0.393 e. The van der Waals surface area contributed by atoms with E-state index >= 15 is 0 Å². The molecule has 2 aromatic rings. The molecule has 0 saturated heterocycles. The van der Waals surface area contributed by atoms with Crippen LogP contribution in [0.1, 0.15) is 50.2 Å². The second kappa shape index (κ2) is 9.89. The van der Waals surface area contributed by atoms with Crippen molar-refractivity contribution in [2.45, 2.75) is 51.6 Å². The monoisotopic (exact) mass is 325 g/mol. The molecule has 2 aromatic carbocycles. The zero-order valence-electron chi connectivity index (χ0n) is 14.4. The summed E-state index contributed by atoms with van der Waals surface area (Å²) < 4.78 is 0. The third-order valence-corrected chi connectivity index (χ3v) is 4.08. The number of carbonyl (C=O) groups excluding carboxylic acids is 1. The first kappa shape index (κ1) is 18.2. The van der Waals surface area contributed by atoms with Crippen LogP contribution in [0.2, 0.25) is 0 Å². The molecule has 1 unspecified atom stereocenters. The standard InChI is InChI=1S/C21H27NO2/c1-2-3-9-20(23)14-15-21(24)22-19-12-10-18(11-13-19)16-17-7-5-4-6-8-17/h4-8,10-13,20,23H,2-3,9,14-16H2,1H3,(H,22,24). The van der Waals surface area contributed by atoms with E-state index in [2.05, 4.69) is 24.4 Å².